The third kappa shape index (κ3) is 5.08. The van der Waals surface area contributed by atoms with Crippen LogP contribution in [0.5, 0.6) is 5.88 Å². The summed E-state index contributed by atoms with van der Waals surface area (Å²) in [6.07, 6.45) is 0. The summed E-state index contributed by atoms with van der Waals surface area (Å²) < 4.78 is 7.02. The smallest absolute Gasteiger partial charge is 0.213 e. The Labute approximate surface area is 159 Å². The van der Waals surface area contributed by atoms with Crippen molar-refractivity contribution in [2.45, 2.75) is 26.9 Å². The molecule has 0 atom stereocenters. The lowest BCUT2D eigenvalue weighted by molar-refractivity contribution is 0.396. The van der Waals surface area contributed by atoms with E-state index >= 15 is 0 Å². The van der Waals surface area contributed by atoms with Crippen LogP contribution in [0.25, 0.3) is 0 Å². The summed E-state index contributed by atoms with van der Waals surface area (Å²) in [6.45, 7) is 5.33. The Bertz CT molecular complexity index is 698. The van der Waals surface area contributed by atoms with Crippen molar-refractivity contribution in [1.82, 2.24) is 25.4 Å². The van der Waals surface area contributed by atoms with Gasteiger partial charge >= 0.3 is 0 Å². The summed E-state index contributed by atoms with van der Waals surface area (Å²) in [5.41, 5.74) is 4.26. The van der Waals surface area contributed by atoms with Gasteiger partial charge < -0.3 is 15.4 Å². The van der Waals surface area contributed by atoms with Gasteiger partial charge in [0.15, 0.2) is 5.96 Å². The van der Waals surface area contributed by atoms with Crippen molar-refractivity contribution < 1.29 is 4.74 Å². The number of nitrogens with zero attached hydrogens (tertiary/aromatic N) is 4. The van der Waals surface area contributed by atoms with Crippen molar-refractivity contribution in [1.29, 1.82) is 0 Å². The van der Waals surface area contributed by atoms with E-state index in [4.69, 9.17) is 4.74 Å². The Kier molecular flexibility index (Phi) is 7.96. The molecule has 24 heavy (non-hydrogen) atoms. The Hall–Kier alpha value is -1.84. The molecule has 0 bridgehead atoms. The maximum atomic E-state index is 5.13. The first-order valence-corrected chi connectivity index (χ1v) is 7.48. The van der Waals surface area contributed by atoms with Gasteiger partial charge in [-0.25, -0.2) is 4.98 Å². The van der Waals surface area contributed by atoms with E-state index in [0.717, 1.165) is 23.0 Å². The fourth-order valence-corrected chi connectivity index (χ4v) is 2.31. The lowest BCUT2D eigenvalue weighted by Crippen LogP contribution is -2.36. The summed E-state index contributed by atoms with van der Waals surface area (Å²) in [5, 5.41) is 11.0. The standard InChI is InChI=1S/C16H24N6O.HI/c1-11-14(12(2)22(4)21-11)10-19-16(17-3)18-9-13-7-6-8-15(20-13)23-5;/h6-8H,9-10H2,1-5H3,(H2,17,18,19);1H. The lowest BCUT2D eigenvalue weighted by Gasteiger charge is -2.12. The fourth-order valence-electron chi connectivity index (χ4n) is 2.31. The van der Waals surface area contributed by atoms with Gasteiger partial charge in [-0.05, 0) is 19.9 Å². The lowest BCUT2D eigenvalue weighted by atomic mass is 10.2. The second-order valence-corrected chi connectivity index (χ2v) is 5.22. The molecule has 8 heteroatoms. The van der Waals surface area contributed by atoms with Crippen LogP contribution < -0.4 is 15.4 Å². The highest BCUT2D eigenvalue weighted by molar-refractivity contribution is 14.0. The molecule has 0 amide bonds. The van der Waals surface area contributed by atoms with Crippen molar-refractivity contribution in [2.24, 2.45) is 12.0 Å². The zero-order valence-electron chi connectivity index (χ0n) is 14.8. The molecule has 2 N–H and O–H groups in total. The van der Waals surface area contributed by atoms with Gasteiger partial charge in [0, 0.05) is 38.0 Å². The fraction of sp³-hybridized carbons (Fsp3) is 0.438. The second-order valence-electron chi connectivity index (χ2n) is 5.22. The van der Waals surface area contributed by atoms with E-state index in [-0.39, 0.29) is 24.0 Å². The van der Waals surface area contributed by atoms with Crippen LogP contribution >= 0.6 is 24.0 Å². The van der Waals surface area contributed by atoms with Crippen molar-refractivity contribution >= 4 is 29.9 Å². The number of nitrogens with one attached hydrogen (secondary N) is 2. The van der Waals surface area contributed by atoms with Gasteiger partial charge in [-0.1, -0.05) is 6.07 Å². The third-order valence-electron chi connectivity index (χ3n) is 3.74. The van der Waals surface area contributed by atoms with Crippen LogP contribution in [0, 0.1) is 13.8 Å². The van der Waals surface area contributed by atoms with Gasteiger partial charge in [0.2, 0.25) is 5.88 Å². The number of hydrogen-bond acceptors (Lipinski definition) is 4. The van der Waals surface area contributed by atoms with E-state index in [9.17, 15) is 0 Å². The van der Waals surface area contributed by atoms with Gasteiger partial charge in [-0.3, -0.25) is 9.67 Å². The SMILES string of the molecule is CN=C(NCc1cccc(OC)n1)NCc1c(C)nn(C)c1C.I. The maximum absolute atomic E-state index is 5.13. The molecule has 0 fully saturated rings. The molecule has 0 unspecified atom stereocenters. The Morgan fingerprint density at radius 2 is 1.96 bits per heavy atom. The number of guanidine groups is 1. The van der Waals surface area contributed by atoms with Crippen LogP contribution in [0.1, 0.15) is 22.6 Å². The molecule has 0 radical (unpaired) electrons. The Morgan fingerprint density at radius 3 is 2.54 bits per heavy atom. The van der Waals surface area contributed by atoms with Crippen molar-refractivity contribution in [3.8, 4) is 5.88 Å². The Morgan fingerprint density at radius 1 is 1.25 bits per heavy atom. The first-order valence-electron chi connectivity index (χ1n) is 7.48. The molecule has 0 saturated carbocycles. The van der Waals surface area contributed by atoms with Gasteiger partial charge in [0.25, 0.3) is 0 Å². The van der Waals surface area contributed by atoms with Crippen molar-refractivity contribution in [3.05, 3.63) is 40.8 Å². The van der Waals surface area contributed by atoms with Crippen LogP contribution in [0.4, 0.5) is 0 Å². The molecular weight excluding hydrogens is 419 g/mol. The number of halogens is 1. The molecule has 0 aromatic carbocycles. The average molecular weight is 444 g/mol. The van der Waals surface area contributed by atoms with Crippen LogP contribution in [0.3, 0.4) is 0 Å². The predicted octanol–water partition coefficient (Wildman–Crippen LogP) is 1.92. The quantitative estimate of drug-likeness (QED) is 0.419. The molecule has 2 heterocycles. The largest absolute Gasteiger partial charge is 0.481 e. The van der Waals surface area contributed by atoms with E-state index in [1.165, 1.54) is 5.56 Å². The predicted molar refractivity (Wildman–Crippen MR) is 106 cm³/mol. The zero-order chi connectivity index (χ0) is 16.8. The number of aromatic nitrogens is 3. The van der Waals surface area contributed by atoms with Crippen molar-refractivity contribution in [2.75, 3.05) is 14.2 Å². The summed E-state index contributed by atoms with van der Waals surface area (Å²) in [7, 11) is 5.31. The van der Waals surface area contributed by atoms with Gasteiger partial charge in [-0.15, -0.1) is 24.0 Å². The molecule has 7 nitrogen and oxygen atoms in total. The highest BCUT2D eigenvalue weighted by atomic mass is 127. The third-order valence-corrected chi connectivity index (χ3v) is 3.74. The van der Waals surface area contributed by atoms with E-state index in [1.54, 1.807) is 14.2 Å². The molecule has 2 aromatic heterocycles. The van der Waals surface area contributed by atoms with Crippen LogP contribution in [-0.4, -0.2) is 34.9 Å². The molecule has 0 spiro atoms. The van der Waals surface area contributed by atoms with Gasteiger partial charge in [-0.2, -0.15) is 5.10 Å². The topological polar surface area (TPSA) is 76.4 Å². The van der Waals surface area contributed by atoms with E-state index in [2.05, 4.69) is 32.6 Å². The van der Waals surface area contributed by atoms with Gasteiger partial charge in [0.1, 0.15) is 0 Å². The number of aliphatic imine (C=N–C) groups is 1. The minimum Gasteiger partial charge on any atom is -0.481 e. The van der Waals surface area contributed by atoms with Crippen LogP contribution in [0.15, 0.2) is 23.2 Å². The summed E-state index contributed by atoms with van der Waals surface area (Å²) in [4.78, 5) is 8.60. The molecule has 0 aliphatic heterocycles. The molecule has 0 saturated heterocycles. The first kappa shape index (κ1) is 20.2. The monoisotopic (exact) mass is 444 g/mol. The summed E-state index contributed by atoms with van der Waals surface area (Å²) in [6, 6.07) is 5.68. The second kappa shape index (κ2) is 9.45. The minimum absolute atomic E-state index is 0. The van der Waals surface area contributed by atoms with E-state index in [0.29, 0.717) is 19.0 Å². The molecule has 0 aliphatic rings. The molecular formula is C16H25IN6O. The Balaban J connectivity index is 0.00000288. The molecule has 132 valence electrons. The molecule has 2 aromatic rings. The number of methoxy groups -OCH3 is 1. The molecule has 2 rings (SSSR count). The van der Waals surface area contributed by atoms with E-state index in [1.807, 2.05) is 36.9 Å². The maximum Gasteiger partial charge on any atom is 0.213 e. The number of hydrogen-bond donors (Lipinski definition) is 2. The van der Waals surface area contributed by atoms with Crippen molar-refractivity contribution in [3.63, 3.8) is 0 Å². The zero-order valence-corrected chi connectivity index (χ0v) is 17.1. The van der Waals surface area contributed by atoms with Crippen LogP contribution in [0.2, 0.25) is 0 Å². The average Bonchev–Trinajstić information content (AvgIpc) is 2.80. The normalized spacial score (nSPS) is 11.0. The number of aryl methyl sites for hydroxylation is 2. The summed E-state index contributed by atoms with van der Waals surface area (Å²) in [5.74, 6) is 1.33. The van der Waals surface area contributed by atoms with Gasteiger partial charge in [0.05, 0.1) is 25.0 Å². The minimum atomic E-state index is 0. The highest BCUT2D eigenvalue weighted by Crippen LogP contribution is 2.11. The highest BCUT2D eigenvalue weighted by Gasteiger charge is 2.09. The van der Waals surface area contributed by atoms with E-state index < -0.39 is 0 Å². The number of rotatable bonds is 5. The summed E-state index contributed by atoms with van der Waals surface area (Å²) >= 11 is 0. The number of ether oxygens (including phenoxy) is 1. The molecule has 0 aliphatic carbocycles. The van der Waals surface area contributed by atoms with Crippen LogP contribution in [-0.2, 0) is 20.1 Å². The first-order chi connectivity index (χ1) is 11.0. The number of pyridine rings is 1.